The van der Waals surface area contributed by atoms with Gasteiger partial charge in [-0.1, -0.05) is 31.6 Å². The Balaban J connectivity index is 0.000000453. The van der Waals surface area contributed by atoms with Gasteiger partial charge in [0.05, 0.1) is 6.10 Å². The molecule has 4 saturated carbocycles. The Kier molecular flexibility index (Phi) is 6.41. The van der Waals surface area contributed by atoms with E-state index in [9.17, 15) is 9.90 Å². The van der Waals surface area contributed by atoms with Gasteiger partial charge in [-0.3, -0.25) is 4.79 Å². The zero-order valence-electron chi connectivity index (χ0n) is 22.1. The summed E-state index contributed by atoms with van der Waals surface area (Å²) in [6.45, 7) is 4.82. The summed E-state index contributed by atoms with van der Waals surface area (Å²) in [6.07, 6.45) is 16.5. The Bertz CT molecular complexity index is 1030. The number of fused-ring (bicyclic) bond motifs is 5. The average Bonchev–Trinajstić information content (AvgIpc) is 3.64. The van der Waals surface area contributed by atoms with Crippen LogP contribution < -0.4 is 4.90 Å². The zero-order chi connectivity index (χ0) is 25.0. The molecule has 5 aliphatic carbocycles. The van der Waals surface area contributed by atoms with Crippen molar-refractivity contribution in [1.29, 1.82) is 0 Å². The summed E-state index contributed by atoms with van der Waals surface area (Å²) in [6, 6.07) is 9.15. The number of rotatable bonds is 2. The van der Waals surface area contributed by atoms with E-state index in [0.717, 1.165) is 25.7 Å². The number of aliphatic hydroxyl groups is 1. The van der Waals surface area contributed by atoms with E-state index >= 15 is 0 Å². The molecule has 0 amide bonds. The van der Waals surface area contributed by atoms with Gasteiger partial charge < -0.3 is 10.0 Å². The molecule has 3 nitrogen and oxygen atoms in total. The summed E-state index contributed by atoms with van der Waals surface area (Å²) in [7, 11) is 4.18. The van der Waals surface area contributed by atoms with Crippen molar-refractivity contribution in [3.63, 3.8) is 0 Å². The van der Waals surface area contributed by atoms with Gasteiger partial charge in [-0.05, 0) is 110 Å². The summed E-state index contributed by atoms with van der Waals surface area (Å²) in [5.74, 6) is 5.90. The van der Waals surface area contributed by atoms with Crippen LogP contribution in [0.5, 0.6) is 0 Å². The molecule has 3 heteroatoms. The van der Waals surface area contributed by atoms with Crippen LogP contribution in [0.2, 0.25) is 0 Å². The van der Waals surface area contributed by atoms with Gasteiger partial charge >= 0.3 is 0 Å². The zero-order valence-corrected chi connectivity index (χ0v) is 22.1. The lowest BCUT2D eigenvalue weighted by Gasteiger charge is -2.61. The van der Waals surface area contributed by atoms with E-state index in [4.69, 9.17) is 6.42 Å². The molecule has 188 valence electrons. The monoisotopic (exact) mass is 473 g/mol. The van der Waals surface area contributed by atoms with E-state index in [2.05, 4.69) is 63.0 Å². The van der Waals surface area contributed by atoms with Crippen molar-refractivity contribution < 1.29 is 9.90 Å². The average molecular weight is 474 g/mol. The summed E-state index contributed by atoms with van der Waals surface area (Å²) in [5.41, 5.74) is 4.21. The molecule has 0 bridgehead atoms. The van der Waals surface area contributed by atoms with E-state index in [1.54, 1.807) is 0 Å². The molecule has 0 radical (unpaired) electrons. The highest BCUT2D eigenvalue weighted by Crippen LogP contribution is 2.68. The second-order valence-corrected chi connectivity index (χ2v) is 12.7. The first-order valence-corrected chi connectivity index (χ1v) is 13.8. The number of ketones is 1. The molecule has 0 aliphatic heterocycles. The van der Waals surface area contributed by atoms with Crippen LogP contribution in [-0.4, -0.2) is 31.1 Å². The van der Waals surface area contributed by atoms with Crippen LogP contribution in [0.4, 0.5) is 5.69 Å². The molecule has 35 heavy (non-hydrogen) atoms. The highest BCUT2D eigenvalue weighted by molar-refractivity contribution is 5.91. The molecule has 1 aromatic carbocycles. The first kappa shape index (κ1) is 24.6. The third kappa shape index (κ3) is 4.27. The second kappa shape index (κ2) is 9.11. The van der Waals surface area contributed by atoms with Crippen LogP contribution in [0.1, 0.15) is 83.1 Å². The molecular weight excluding hydrogens is 430 g/mol. The first-order valence-electron chi connectivity index (χ1n) is 13.8. The maximum atomic E-state index is 12.2. The summed E-state index contributed by atoms with van der Waals surface area (Å²) >= 11 is 0. The number of anilines is 1. The van der Waals surface area contributed by atoms with Crippen molar-refractivity contribution in [3.8, 4) is 12.3 Å². The van der Waals surface area contributed by atoms with Crippen molar-refractivity contribution in [2.45, 2.75) is 83.7 Å². The Morgan fingerprint density at radius 2 is 1.74 bits per heavy atom. The fraction of sp³-hybridized carbons (Fsp3) is 0.656. The molecule has 7 atom stereocenters. The lowest BCUT2D eigenvalue weighted by Crippen LogP contribution is -2.54. The van der Waals surface area contributed by atoms with Gasteiger partial charge in [-0.15, -0.1) is 12.3 Å². The summed E-state index contributed by atoms with van der Waals surface area (Å²) < 4.78 is 0. The van der Waals surface area contributed by atoms with Crippen molar-refractivity contribution in [2.75, 3.05) is 19.0 Å². The van der Waals surface area contributed by atoms with Crippen LogP contribution in [0.15, 0.2) is 35.9 Å². The van der Waals surface area contributed by atoms with Crippen molar-refractivity contribution in [3.05, 3.63) is 41.5 Å². The quantitative estimate of drug-likeness (QED) is 0.508. The number of carbonyl (C=O) groups is 1. The van der Waals surface area contributed by atoms with Crippen LogP contribution >= 0.6 is 0 Å². The molecule has 4 fully saturated rings. The second-order valence-electron chi connectivity index (χ2n) is 12.7. The number of nitrogens with zero attached hydrogens (tertiary/aromatic N) is 1. The third-order valence-electron chi connectivity index (χ3n) is 10.5. The molecule has 6 rings (SSSR count). The molecule has 5 aliphatic rings. The fourth-order valence-corrected chi connectivity index (χ4v) is 8.31. The number of carbonyl (C=O) groups excluding carboxylic acids is 1. The predicted octanol–water partition coefficient (Wildman–Crippen LogP) is 6.37. The minimum atomic E-state index is -0.176. The fourth-order valence-electron chi connectivity index (χ4n) is 8.31. The van der Waals surface area contributed by atoms with Gasteiger partial charge in [-0.2, -0.15) is 0 Å². The van der Waals surface area contributed by atoms with Gasteiger partial charge in [-0.25, -0.2) is 0 Å². The molecule has 7 unspecified atom stereocenters. The number of hydrogen-bond acceptors (Lipinski definition) is 3. The summed E-state index contributed by atoms with van der Waals surface area (Å²) in [4.78, 5) is 14.4. The number of benzene rings is 1. The van der Waals surface area contributed by atoms with E-state index in [1.807, 2.05) is 6.08 Å². The van der Waals surface area contributed by atoms with Gasteiger partial charge in [0.2, 0.25) is 0 Å². The molecule has 0 spiro atoms. The van der Waals surface area contributed by atoms with Crippen LogP contribution in [0.25, 0.3) is 0 Å². The van der Waals surface area contributed by atoms with Crippen molar-refractivity contribution >= 4 is 11.5 Å². The lowest BCUT2D eigenvalue weighted by molar-refractivity contribution is -0.118. The normalized spacial score (nSPS) is 39.7. The van der Waals surface area contributed by atoms with Crippen LogP contribution in [0, 0.1) is 46.8 Å². The van der Waals surface area contributed by atoms with Gasteiger partial charge in [0.15, 0.2) is 5.78 Å². The van der Waals surface area contributed by atoms with E-state index in [0.29, 0.717) is 41.8 Å². The first-order chi connectivity index (χ1) is 16.7. The van der Waals surface area contributed by atoms with Gasteiger partial charge in [0.25, 0.3) is 0 Å². The van der Waals surface area contributed by atoms with Gasteiger partial charge in [0.1, 0.15) is 0 Å². The van der Waals surface area contributed by atoms with Crippen molar-refractivity contribution in [1.82, 2.24) is 0 Å². The van der Waals surface area contributed by atoms with Gasteiger partial charge in [0, 0.05) is 32.1 Å². The highest BCUT2D eigenvalue weighted by atomic mass is 16.3. The van der Waals surface area contributed by atoms with Crippen LogP contribution in [-0.2, 0) is 4.79 Å². The van der Waals surface area contributed by atoms with Crippen molar-refractivity contribution in [2.24, 2.45) is 34.5 Å². The molecule has 1 N–H and O–H groups in total. The number of hydrogen-bond donors (Lipinski definition) is 1. The molecule has 0 saturated heterocycles. The lowest BCUT2D eigenvalue weighted by atomic mass is 9.44. The number of aliphatic hydroxyl groups excluding tert-OH is 1. The third-order valence-corrected chi connectivity index (χ3v) is 10.5. The standard InChI is InChI=1S/C27H37NO2.C5H6/c1-26-14-13-20(29)15-18(26)7-10-21-23-11-12-24(30)27(23,2)16-22(25(21)26)17-5-8-19(9-6-17)28(3)4;1-2-5-3-4-5/h5-6,8-9,15,21-25,30H,7,10-14,16H2,1-4H3;1,5H,3-4H2. The smallest absolute Gasteiger partial charge is 0.155 e. The molecule has 0 heterocycles. The Hall–Kier alpha value is -2.05. The molecule has 1 aromatic rings. The topological polar surface area (TPSA) is 40.5 Å². The predicted molar refractivity (Wildman–Crippen MR) is 143 cm³/mol. The number of terminal acetylenes is 1. The minimum absolute atomic E-state index is 0.0219. The van der Waals surface area contributed by atoms with Crippen LogP contribution in [0.3, 0.4) is 0 Å². The Morgan fingerprint density at radius 1 is 1.03 bits per heavy atom. The van der Waals surface area contributed by atoms with E-state index in [-0.39, 0.29) is 16.9 Å². The molecule has 0 aromatic heterocycles. The molecular formula is C32H43NO2. The maximum absolute atomic E-state index is 12.2. The Morgan fingerprint density at radius 3 is 2.34 bits per heavy atom. The Labute approximate surface area is 212 Å². The number of allylic oxidation sites excluding steroid dienone is 1. The maximum Gasteiger partial charge on any atom is 0.155 e. The minimum Gasteiger partial charge on any atom is -0.393 e. The highest BCUT2D eigenvalue weighted by Gasteiger charge is 2.62. The van der Waals surface area contributed by atoms with E-state index in [1.165, 1.54) is 42.5 Å². The summed E-state index contributed by atoms with van der Waals surface area (Å²) in [5, 5.41) is 11.0. The van der Waals surface area contributed by atoms with E-state index < -0.39 is 0 Å². The SMILES string of the molecule is C#CC1CC1.CN(C)c1ccc(C2CC3(C)C(O)CCC3C3CCC4=CC(=O)CCC4(C)C23)cc1. The largest absolute Gasteiger partial charge is 0.393 e.